The summed E-state index contributed by atoms with van der Waals surface area (Å²) >= 11 is 0. The average molecular weight is 381 g/mol. The maximum Gasteiger partial charge on any atom is 0.333 e. The van der Waals surface area contributed by atoms with Gasteiger partial charge in [0.15, 0.2) is 0 Å². The van der Waals surface area contributed by atoms with Crippen LogP contribution in [-0.2, 0) is 28.8 Å². The number of carbonyl (C=O) groups is 1. The number of aryl methyl sites for hydroxylation is 3. The Kier molecular flexibility index (Phi) is 8.96. The van der Waals surface area contributed by atoms with Crippen LogP contribution in [0.25, 0.3) is 11.1 Å². The predicted molar refractivity (Wildman–Crippen MR) is 115 cm³/mol. The number of esters is 1. The molecule has 0 aliphatic rings. The predicted octanol–water partition coefficient (Wildman–Crippen LogP) is 5.28. The van der Waals surface area contributed by atoms with Crippen molar-refractivity contribution in [3.8, 4) is 11.1 Å². The van der Waals surface area contributed by atoms with Gasteiger partial charge in [-0.2, -0.15) is 0 Å². The molecule has 2 aromatic rings. The SMILES string of the molecule is C=C(C)C(=O)OCCCc1cc(-c2ccc(CCC)cc2)ccc1CCCO. The van der Waals surface area contributed by atoms with Gasteiger partial charge < -0.3 is 9.84 Å². The second kappa shape index (κ2) is 11.5. The van der Waals surface area contributed by atoms with Crippen LogP contribution in [0.1, 0.15) is 49.8 Å². The van der Waals surface area contributed by atoms with Crippen molar-refractivity contribution in [1.29, 1.82) is 0 Å². The van der Waals surface area contributed by atoms with E-state index in [1.54, 1.807) is 6.92 Å². The second-order valence-electron chi connectivity index (χ2n) is 7.28. The minimum Gasteiger partial charge on any atom is -0.462 e. The molecule has 0 heterocycles. The Morgan fingerprint density at radius 3 is 2.29 bits per heavy atom. The highest BCUT2D eigenvalue weighted by molar-refractivity contribution is 5.86. The van der Waals surface area contributed by atoms with Crippen LogP contribution >= 0.6 is 0 Å². The van der Waals surface area contributed by atoms with Gasteiger partial charge in [0.2, 0.25) is 0 Å². The fourth-order valence-electron chi connectivity index (χ4n) is 3.25. The third-order valence-corrected chi connectivity index (χ3v) is 4.81. The van der Waals surface area contributed by atoms with Gasteiger partial charge in [0.25, 0.3) is 0 Å². The second-order valence-corrected chi connectivity index (χ2v) is 7.28. The average Bonchev–Trinajstić information content (AvgIpc) is 2.70. The molecule has 0 bridgehead atoms. The van der Waals surface area contributed by atoms with Gasteiger partial charge >= 0.3 is 5.97 Å². The molecule has 0 atom stereocenters. The first-order valence-electron chi connectivity index (χ1n) is 10.2. The van der Waals surface area contributed by atoms with Gasteiger partial charge in [0.05, 0.1) is 6.61 Å². The Morgan fingerprint density at radius 2 is 1.64 bits per heavy atom. The smallest absolute Gasteiger partial charge is 0.333 e. The summed E-state index contributed by atoms with van der Waals surface area (Å²) in [5.74, 6) is -0.332. The fourth-order valence-corrected chi connectivity index (χ4v) is 3.25. The van der Waals surface area contributed by atoms with Gasteiger partial charge in [-0.1, -0.05) is 62.4 Å². The first kappa shape index (κ1) is 21.9. The summed E-state index contributed by atoms with van der Waals surface area (Å²) in [6, 6.07) is 15.3. The van der Waals surface area contributed by atoms with E-state index >= 15 is 0 Å². The molecule has 0 unspecified atom stereocenters. The van der Waals surface area contributed by atoms with E-state index in [4.69, 9.17) is 4.74 Å². The van der Waals surface area contributed by atoms with Crippen molar-refractivity contribution in [2.24, 2.45) is 0 Å². The molecule has 0 aliphatic carbocycles. The number of rotatable bonds is 11. The zero-order valence-electron chi connectivity index (χ0n) is 17.2. The molecular formula is C25H32O3. The van der Waals surface area contributed by atoms with Crippen LogP contribution in [-0.4, -0.2) is 24.3 Å². The van der Waals surface area contributed by atoms with Crippen molar-refractivity contribution < 1.29 is 14.6 Å². The van der Waals surface area contributed by atoms with Gasteiger partial charge in [-0.05, 0) is 66.8 Å². The number of ether oxygens (including phenoxy) is 1. The van der Waals surface area contributed by atoms with E-state index in [0.29, 0.717) is 12.2 Å². The number of hydrogen-bond acceptors (Lipinski definition) is 3. The molecule has 2 aromatic carbocycles. The van der Waals surface area contributed by atoms with Crippen molar-refractivity contribution in [2.45, 2.75) is 52.4 Å². The number of carbonyl (C=O) groups excluding carboxylic acids is 1. The summed E-state index contributed by atoms with van der Waals surface area (Å²) in [7, 11) is 0. The molecule has 0 saturated heterocycles. The van der Waals surface area contributed by atoms with Gasteiger partial charge in [-0.3, -0.25) is 0 Å². The lowest BCUT2D eigenvalue weighted by Gasteiger charge is -2.13. The highest BCUT2D eigenvalue weighted by Gasteiger charge is 2.08. The van der Waals surface area contributed by atoms with Gasteiger partial charge in [-0.15, -0.1) is 0 Å². The molecule has 150 valence electrons. The molecule has 0 saturated carbocycles. The van der Waals surface area contributed by atoms with E-state index in [2.05, 4.69) is 56.0 Å². The van der Waals surface area contributed by atoms with E-state index in [0.717, 1.165) is 38.5 Å². The molecule has 2 rings (SSSR count). The topological polar surface area (TPSA) is 46.5 Å². The largest absolute Gasteiger partial charge is 0.462 e. The molecule has 0 radical (unpaired) electrons. The van der Waals surface area contributed by atoms with E-state index in [1.165, 1.54) is 27.8 Å². The van der Waals surface area contributed by atoms with Gasteiger partial charge in [0, 0.05) is 12.2 Å². The maximum atomic E-state index is 11.5. The Bertz CT molecular complexity index is 775. The van der Waals surface area contributed by atoms with Crippen LogP contribution in [0, 0.1) is 0 Å². The van der Waals surface area contributed by atoms with Gasteiger partial charge in [-0.25, -0.2) is 4.79 Å². The van der Waals surface area contributed by atoms with Crippen LogP contribution in [0.15, 0.2) is 54.6 Å². The molecular weight excluding hydrogens is 348 g/mol. The first-order valence-corrected chi connectivity index (χ1v) is 10.2. The highest BCUT2D eigenvalue weighted by Crippen LogP contribution is 2.25. The quantitative estimate of drug-likeness (QED) is 0.328. The van der Waals surface area contributed by atoms with Crippen LogP contribution < -0.4 is 0 Å². The maximum absolute atomic E-state index is 11.5. The van der Waals surface area contributed by atoms with Crippen LogP contribution in [0.3, 0.4) is 0 Å². The minimum atomic E-state index is -0.332. The van der Waals surface area contributed by atoms with E-state index in [1.807, 2.05) is 0 Å². The van der Waals surface area contributed by atoms with Crippen molar-refractivity contribution in [3.63, 3.8) is 0 Å². The van der Waals surface area contributed by atoms with Gasteiger partial charge in [0.1, 0.15) is 0 Å². The van der Waals surface area contributed by atoms with Crippen molar-refractivity contribution in [1.82, 2.24) is 0 Å². The Balaban J connectivity index is 2.12. The van der Waals surface area contributed by atoms with Crippen LogP contribution in [0.4, 0.5) is 0 Å². The summed E-state index contributed by atoms with van der Waals surface area (Å²) in [5.41, 5.74) is 6.72. The summed E-state index contributed by atoms with van der Waals surface area (Å²) < 4.78 is 5.22. The number of aliphatic hydroxyl groups excluding tert-OH is 1. The highest BCUT2D eigenvalue weighted by atomic mass is 16.5. The molecule has 0 spiro atoms. The Labute approximate surface area is 169 Å². The third kappa shape index (κ3) is 6.65. The summed E-state index contributed by atoms with van der Waals surface area (Å²) in [6.45, 7) is 8.04. The molecule has 0 aromatic heterocycles. The number of benzene rings is 2. The standard InChI is InChI=1S/C25H32O3/c1-4-7-20-10-12-22(13-11-20)24-15-14-21(8-5-16-26)23(18-24)9-6-17-28-25(27)19(2)3/h10-15,18,26H,2,4-9,16-17H2,1,3H3. The zero-order chi connectivity index (χ0) is 20.4. The van der Waals surface area contributed by atoms with Crippen molar-refractivity contribution >= 4 is 5.97 Å². The molecule has 1 N–H and O–H groups in total. The first-order chi connectivity index (χ1) is 13.5. The molecule has 28 heavy (non-hydrogen) atoms. The third-order valence-electron chi connectivity index (χ3n) is 4.81. The summed E-state index contributed by atoms with van der Waals surface area (Å²) in [5, 5.41) is 9.18. The molecule has 0 fully saturated rings. The lowest BCUT2D eigenvalue weighted by atomic mass is 9.94. The lowest BCUT2D eigenvalue weighted by molar-refractivity contribution is -0.139. The van der Waals surface area contributed by atoms with Crippen LogP contribution in [0.5, 0.6) is 0 Å². The zero-order valence-corrected chi connectivity index (χ0v) is 17.2. The summed E-state index contributed by atoms with van der Waals surface area (Å²) in [6.07, 6.45) is 5.47. The molecule has 0 aliphatic heterocycles. The van der Waals surface area contributed by atoms with Crippen LogP contribution in [0.2, 0.25) is 0 Å². The van der Waals surface area contributed by atoms with E-state index in [-0.39, 0.29) is 12.6 Å². The number of hydrogen-bond donors (Lipinski definition) is 1. The monoisotopic (exact) mass is 380 g/mol. The van der Waals surface area contributed by atoms with E-state index in [9.17, 15) is 9.90 Å². The normalized spacial score (nSPS) is 10.7. The Hall–Kier alpha value is -2.39. The molecule has 3 heteroatoms. The molecule has 3 nitrogen and oxygen atoms in total. The fraction of sp³-hybridized carbons (Fsp3) is 0.400. The van der Waals surface area contributed by atoms with Crippen molar-refractivity contribution in [2.75, 3.05) is 13.2 Å². The van der Waals surface area contributed by atoms with E-state index < -0.39 is 0 Å². The molecule has 0 amide bonds. The van der Waals surface area contributed by atoms with Crippen molar-refractivity contribution in [3.05, 3.63) is 71.3 Å². The lowest BCUT2D eigenvalue weighted by Crippen LogP contribution is -2.07. The Morgan fingerprint density at radius 1 is 0.964 bits per heavy atom. The number of aliphatic hydroxyl groups is 1. The minimum absolute atomic E-state index is 0.191. The summed E-state index contributed by atoms with van der Waals surface area (Å²) in [4.78, 5) is 11.5.